The highest BCUT2D eigenvalue weighted by Crippen LogP contribution is 2.16. The van der Waals surface area contributed by atoms with Crippen molar-refractivity contribution in [3.63, 3.8) is 0 Å². The maximum atomic E-state index is 13.6. The highest BCUT2D eigenvalue weighted by molar-refractivity contribution is 7.89. The zero-order valence-electron chi connectivity index (χ0n) is 16.5. The molecule has 0 aliphatic heterocycles. The summed E-state index contributed by atoms with van der Waals surface area (Å²) in [5.41, 5.74) is 1.11. The van der Waals surface area contributed by atoms with Gasteiger partial charge in [-0.1, -0.05) is 19.4 Å². The van der Waals surface area contributed by atoms with Crippen molar-refractivity contribution in [2.45, 2.75) is 45.4 Å². The molecule has 0 aliphatic carbocycles. The molecule has 8 heteroatoms. The Morgan fingerprint density at radius 1 is 1.22 bits per heavy atom. The first-order valence-electron chi connectivity index (χ1n) is 9.37. The van der Waals surface area contributed by atoms with Gasteiger partial charge in [0.25, 0.3) is 0 Å². The summed E-state index contributed by atoms with van der Waals surface area (Å²) < 4.78 is 36.8. The zero-order valence-corrected chi connectivity index (χ0v) is 17.3. The second-order valence-corrected chi connectivity index (χ2v) is 8.87. The van der Waals surface area contributed by atoms with Crippen molar-refractivity contribution in [2.24, 2.45) is 10.9 Å². The van der Waals surface area contributed by atoms with E-state index in [2.05, 4.69) is 22.5 Å². The zero-order chi connectivity index (χ0) is 20.3. The van der Waals surface area contributed by atoms with Crippen molar-refractivity contribution >= 4 is 15.8 Å². The van der Waals surface area contributed by atoms with Crippen LogP contribution in [-0.2, 0) is 22.1 Å². The molecule has 1 unspecified atom stereocenters. The van der Waals surface area contributed by atoms with Crippen LogP contribution in [0.1, 0.15) is 44.2 Å². The van der Waals surface area contributed by atoms with Gasteiger partial charge in [0, 0.05) is 26.0 Å². The van der Waals surface area contributed by atoms with Crippen LogP contribution in [-0.4, -0.2) is 45.4 Å². The maximum Gasteiger partial charge on any atom is 0.191 e. The SMILES string of the molecule is CCCC(CCO)CNC(=NCc1cc(F)ccc1CS(C)(=O)=O)NCC. The van der Waals surface area contributed by atoms with E-state index in [0.717, 1.165) is 25.5 Å². The number of halogens is 1. The summed E-state index contributed by atoms with van der Waals surface area (Å²) in [7, 11) is -3.22. The van der Waals surface area contributed by atoms with Crippen LogP contribution in [0.15, 0.2) is 23.2 Å². The fraction of sp³-hybridized carbons (Fsp3) is 0.632. The number of aliphatic imine (C=N–C) groups is 1. The van der Waals surface area contributed by atoms with Crippen LogP contribution in [0.5, 0.6) is 0 Å². The molecule has 154 valence electrons. The van der Waals surface area contributed by atoms with Crippen LogP contribution in [0.3, 0.4) is 0 Å². The predicted molar refractivity (Wildman–Crippen MR) is 108 cm³/mol. The van der Waals surface area contributed by atoms with E-state index < -0.39 is 15.7 Å². The Labute approximate surface area is 162 Å². The van der Waals surface area contributed by atoms with Crippen LogP contribution in [0, 0.1) is 11.7 Å². The lowest BCUT2D eigenvalue weighted by molar-refractivity contribution is 0.251. The molecule has 1 aromatic rings. The number of aliphatic hydroxyl groups excluding tert-OH is 1. The number of rotatable bonds is 11. The van der Waals surface area contributed by atoms with E-state index >= 15 is 0 Å². The van der Waals surface area contributed by atoms with Crippen molar-refractivity contribution in [2.75, 3.05) is 26.0 Å². The van der Waals surface area contributed by atoms with Gasteiger partial charge in [-0.2, -0.15) is 0 Å². The average Bonchev–Trinajstić information content (AvgIpc) is 2.58. The van der Waals surface area contributed by atoms with Gasteiger partial charge in [0.1, 0.15) is 5.82 Å². The third kappa shape index (κ3) is 9.72. The molecular formula is C19H32FN3O3S. The van der Waals surface area contributed by atoms with E-state index in [1.54, 1.807) is 0 Å². The molecule has 0 saturated carbocycles. The summed E-state index contributed by atoms with van der Waals surface area (Å²) in [5.74, 6) is 0.378. The molecule has 0 bridgehead atoms. The molecule has 0 fully saturated rings. The minimum absolute atomic E-state index is 0.142. The number of sulfone groups is 1. The van der Waals surface area contributed by atoms with Crippen LogP contribution >= 0.6 is 0 Å². The summed E-state index contributed by atoms with van der Waals surface area (Å²) in [6, 6.07) is 4.10. The van der Waals surface area contributed by atoms with Gasteiger partial charge in [0.15, 0.2) is 15.8 Å². The van der Waals surface area contributed by atoms with E-state index in [1.807, 2.05) is 6.92 Å². The standard InChI is InChI=1S/C19H32FN3O3S/c1-4-6-15(9-10-24)12-22-19(21-5-2)23-13-17-11-18(20)8-7-16(17)14-27(3,25)26/h7-8,11,15,24H,4-6,9-10,12-14H2,1-3H3,(H2,21,22,23). The molecule has 1 atom stereocenters. The molecule has 0 aromatic heterocycles. The van der Waals surface area contributed by atoms with E-state index in [1.165, 1.54) is 18.2 Å². The molecule has 0 saturated heterocycles. The second kappa shape index (κ2) is 11.9. The van der Waals surface area contributed by atoms with Gasteiger partial charge < -0.3 is 15.7 Å². The van der Waals surface area contributed by atoms with Crippen molar-refractivity contribution in [1.29, 1.82) is 0 Å². The molecule has 6 nitrogen and oxygen atoms in total. The molecule has 1 rings (SSSR count). The number of hydrogen-bond donors (Lipinski definition) is 3. The first-order valence-corrected chi connectivity index (χ1v) is 11.4. The second-order valence-electron chi connectivity index (χ2n) is 6.73. The van der Waals surface area contributed by atoms with Crippen molar-refractivity contribution in [1.82, 2.24) is 10.6 Å². The third-order valence-corrected chi connectivity index (χ3v) is 4.97. The minimum Gasteiger partial charge on any atom is -0.396 e. The fourth-order valence-corrected chi connectivity index (χ4v) is 3.70. The van der Waals surface area contributed by atoms with E-state index in [-0.39, 0.29) is 18.9 Å². The third-order valence-electron chi connectivity index (χ3n) is 4.13. The number of guanidine groups is 1. The normalized spacial score (nSPS) is 13.4. The fourth-order valence-electron chi connectivity index (χ4n) is 2.85. The van der Waals surface area contributed by atoms with Crippen molar-refractivity contribution in [3.8, 4) is 0 Å². The Morgan fingerprint density at radius 3 is 2.56 bits per heavy atom. The lowest BCUT2D eigenvalue weighted by Crippen LogP contribution is -2.40. The van der Waals surface area contributed by atoms with Crippen molar-refractivity contribution < 1.29 is 17.9 Å². The van der Waals surface area contributed by atoms with Gasteiger partial charge in [-0.15, -0.1) is 0 Å². The lowest BCUT2D eigenvalue weighted by atomic mass is 10.0. The van der Waals surface area contributed by atoms with Gasteiger partial charge in [0.2, 0.25) is 0 Å². The molecule has 27 heavy (non-hydrogen) atoms. The van der Waals surface area contributed by atoms with Crippen LogP contribution < -0.4 is 10.6 Å². The number of aliphatic hydroxyl groups is 1. The maximum absolute atomic E-state index is 13.6. The average molecular weight is 402 g/mol. The topological polar surface area (TPSA) is 90.8 Å². The summed E-state index contributed by atoms with van der Waals surface area (Å²) >= 11 is 0. The smallest absolute Gasteiger partial charge is 0.191 e. The van der Waals surface area contributed by atoms with Gasteiger partial charge in [-0.25, -0.2) is 17.8 Å². The molecule has 3 N–H and O–H groups in total. The lowest BCUT2D eigenvalue weighted by Gasteiger charge is -2.18. The summed E-state index contributed by atoms with van der Waals surface area (Å²) in [5, 5.41) is 15.6. The quantitative estimate of drug-likeness (QED) is 0.391. The molecule has 0 heterocycles. The Bertz CT molecular complexity index is 702. The number of nitrogens with zero attached hydrogens (tertiary/aromatic N) is 1. The predicted octanol–water partition coefficient (Wildman–Crippen LogP) is 2.22. The molecular weight excluding hydrogens is 369 g/mol. The highest BCUT2D eigenvalue weighted by Gasteiger charge is 2.12. The summed E-state index contributed by atoms with van der Waals surface area (Å²) in [6.07, 6.45) is 3.93. The molecule has 0 spiro atoms. The van der Waals surface area contributed by atoms with Gasteiger partial charge in [0.05, 0.1) is 12.3 Å². The van der Waals surface area contributed by atoms with Crippen molar-refractivity contribution in [3.05, 3.63) is 35.1 Å². The van der Waals surface area contributed by atoms with Crippen LogP contribution in [0.25, 0.3) is 0 Å². The summed E-state index contributed by atoms with van der Waals surface area (Å²) in [4.78, 5) is 4.48. The molecule has 0 radical (unpaired) electrons. The Balaban J connectivity index is 2.89. The van der Waals surface area contributed by atoms with Crippen LogP contribution in [0.4, 0.5) is 4.39 Å². The van der Waals surface area contributed by atoms with Crippen LogP contribution in [0.2, 0.25) is 0 Å². The van der Waals surface area contributed by atoms with E-state index in [9.17, 15) is 17.9 Å². The molecule has 1 aromatic carbocycles. The Kier molecular flexibility index (Phi) is 10.3. The first-order chi connectivity index (χ1) is 12.8. The highest BCUT2D eigenvalue weighted by atomic mass is 32.2. The van der Waals surface area contributed by atoms with E-state index in [4.69, 9.17) is 0 Å². The largest absolute Gasteiger partial charge is 0.396 e. The number of hydrogen-bond acceptors (Lipinski definition) is 4. The summed E-state index contributed by atoms with van der Waals surface area (Å²) in [6.45, 7) is 5.74. The monoisotopic (exact) mass is 401 g/mol. The van der Waals surface area contributed by atoms with Gasteiger partial charge in [-0.3, -0.25) is 0 Å². The number of benzene rings is 1. The van der Waals surface area contributed by atoms with Gasteiger partial charge in [-0.05, 0) is 48.9 Å². The Hall–Kier alpha value is -1.67. The first kappa shape index (κ1) is 23.4. The van der Waals surface area contributed by atoms with Gasteiger partial charge >= 0.3 is 0 Å². The Morgan fingerprint density at radius 2 is 1.96 bits per heavy atom. The minimum atomic E-state index is -3.22. The molecule has 0 aliphatic rings. The van der Waals surface area contributed by atoms with E-state index in [0.29, 0.717) is 36.1 Å². The number of nitrogens with one attached hydrogen (secondary N) is 2. The molecule has 0 amide bonds.